The second-order valence-electron chi connectivity index (χ2n) is 4.31. The Morgan fingerprint density at radius 2 is 1.74 bits per heavy atom. The van der Waals surface area contributed by atoms with Crippen molar-refractivity contribution in [3.63, 3.8) is 0 Å². The summed E-state index contributed by atoms with van der Waals surface area (Å²) in [5.74, 6) is -0.259. The highest BCUT2D eigenvalue weighted by Gasteiger charge is 2.14. The minimum atomic E-state index is -0.689. The second-order valence-corrected chi connectivity index (χ2v) is 4.31. The Kier molecular flexibility index (Phi) is 5.81. The van der Waals surface area contributed by atoms with Crippen LogP contribution in [0.5, 0.6) is 0 Å². The van der Waals surface area contributed by atoms with Gasteiger partial charge in [0.25, 0.3) is 0 Å². The second kappa shape index (κ2) is 7.38. The van der Waals surface area contributed by atoms with Crippen LogP contribution < -0.4 is 16.4 Å². The zero-order chi connectivity index (χ0) is 14.3. The van der Waals surface area contributed by atoms with Crippen LogP contribution in [0.1, 0.15) is 11.6 Å². The van der Waals surface area contributed by atoms with Crippen LogP contribution in [0, 0.1) is 0 Å². The first-order valence-corrected chi connectivity index (χ1v) is 6.05. The van der Waals surface area contributed by atoms with Crippen molar-refractivity contribution < 1.29 is 9.59 Å². The van der Waals surface area contributed by atoms with Crippen LogP contribution >= 0.6 is 0 Å². The molecule has 6 heteroatoms. The van der Waals surface area contributed by atoms with Crippen molar-refractivity contribution in [1.82, 2.24) is 15.5 Å². The van der Waals surface area contributed by atoms with E-state index in [1.165, 1.54) is 4.90 Å². The molecule has 0 bridgehead atoms. The van der Waals surface area contributed by atoms with Crippen molar-refractivity contribution in [2.24, 2.45) is 5.73 Å². The van der Waals surface area contributed by atoms with Gasteiger partial charge in [0.15, 0.2) is 0 Å². The predicted molar refractivity (Wildman–Crippen MR) is 73.5 cm³/mol. The van der Waals surface area contributed by atoms with Gasteiger partial charge in [-0.25, -0.2) is 4.79 Å². The highest BCUT2D eigenvalue weighted by molar-refractivity contribution is 5.83. The van der Waals surface area contributed by atoms with E-state index in [9.17, 15) is 9.59 Å². The predicted octanol–water partition coefficient (Wildman–Crippen LogP) is 0.0738. The first-order chi connectivity index (χ1) is 9.02. The summed E-state index contributed by atoms with van der Waals surface area (Å²) in [6.45, 7) is 0.712. The summed E-state index contributed by atoms with van der Waals surface area (Å²) in [6.07, 6.45) is 0. The Balaban J connectivity index is 2.30. The van der Waals surface area contributed by atoms with Crippen molar-refractivity contribution in [2.45, 2.75) is 6.04 Å². The molecule has 1 atom stereocenters. The molecule has 0 saturated heterocycles. The van der Waals surface area contributed by atoms with Gasteiger partial charge >= 0.3 is 6.03 Å². The van der Waals surface area contributed by atoms with E-state index in [0.29, 0.717) is 13.1 Å². The van der Waals surface area contributed by atoms with Crippen LogP contribution in [0.3, 0.4) is 0 Å². The third kappa shape index (κ3) is 4.97. The minimum Gasteiger partial charge on any atom is -0.353 e. The van der Waals surface area contributed by atoms with Crippen LogP contribution in [0.15, 0.2) is 30.3 Å². The van der Waals surface area contributed by atoms with Gasteiger partial charge in [0.1, 0.15) is 6.04 Å². The van der Waals surface area contributed by atoms with Gasteiger partial charge in [0, 0.05) is 27.2 Å². The fourth-order valence-electron chi connectivity index (χ4n) is 1.43. The number of nitrogens with two attached hydrogens (primary N) is 1. The lowest BCUT2D eigenvalue weighted by Crippen LogP contribution is -2.41. The normalized spacial score (nSPS) is 11.5. The van der Waals surface area contributed by atoms with Gasteiger partial charge in [-0.05, 0) is 5.56 Å². The molecule has 0 radical (unpaired) electrons. The van der Waals surface area contributed by atoms with Gasteiger partial charge in [-0.2, -0.15) is 0 Å². The average Bonchev–Trinajstić information content (AvgIpc) is 2.43. The number of hydrogen-bond donors (Lipinski definition) is 3. The summed E-state index contributed by atoms with van der Waals surface area (Å²) < 4.78 is 0. The molecule has 0 spiro atoms. The molecule has 4 N–H and O–H groups in total. The fourth-order valence-corrected chi connectivity index (χ4v) is 1.43. The molecule has 1 aromatic carbocycles. The number of carbonyl (C=O) groups is 2. The number of hydrogen-bond acceptors (Lipinski definition) is 3. The number of amides is 3. The standard InChI is InChI=1S/C13H20N4O2/c1-17(2)13(19)16-9-8-15-12(18)11(14)10-6-4-3-5-7-10/h3-7,11H,8-9,14H2,1-2H3,(H,15,18)(H,16,19)/t11-/m0/s1. The quantitative estimate of drug-likeness (QED) is 0.658. The zero-order valence-electron chi connectivity index (χ0n) is 11.2. The maximum atomic E-state index is 11.8. The van der Waals surface area contributed by atoms with Gasteiger partial charge in [-0.1, -0.05) is 30.3 Å². The molecule has 1 aromatic rings. The Morgan fingerprint density at radius 3 is 2.32 bits per heavy atom. The molecule has 0 aliphatic heterocycles. The van der Waals surface area contributed by atoms with E-state index in [1.807, 2.05) is 18.2 Å². The zero-order valence-corrected chi connectivity index (χ0v) is 11.2. The number of rotatable bonds is 5. The van der Waals surface area contributed by atoms with Crippen molar-refractivity contribution in [3.8, 4) is 0 Å². The lowest BCUT2D eigenvalue weighted by molar-refractivity contribution is -0.122. The minimum absolute atomic E-state index is 0.193. The SMILES string of the molecule is CN(C)C(=O)NCCNC(=O)[C@@H](N)c1ccccc1. The molecule has 104 valence electrons. The van der Waals surface area contributed by atoms with Gasteiger partial charge in [-0.15, -0.1) is 0 Å². The van der Waals surface area contributed by atoms with E-state index >= 15 is 0 Å². The Hall–Kier alpha value is -2.08. The van der Waals surface area contributed by atoms with Gasteiger partial charge in [0.2, 0.25) is 5.91 Å². The molecule has 1 rings (SSSR count). The molecule has 0 heterocycles. The molecular formula is C13H20N4O2. The third-order valence-electron chi connectivity index (χ3n) is 2.55. The topological polar surface area (TPSA) is 87.5 Å². The Bertz CT molecular complexity index is 420. The third-order valence-corrected chi connectivity index (χ3v) is 2.55. The highest BCUT2D eigenvalue weighted by atomic mass is 16.2. The van der Waals surface area contributed by atoms with E-state index in [0.717, 1.165) is 5.56 Å². The average molecular weight is 264 g/mol. The van der Waals surface area contributed by atoms with Crippen LogP contribution in [0.2, 0.25) is 0 Å². The number of carbonyl (C=O) groups excluding carboxylic acids is 2. The summed E-state index contributed by atoms with van der Waals surface area (Å²) in [5.41, 5.74) is 6.58. The monoisotopic (exact) mass is 264 g/mol. The highest BCUT2D eigenvalue weighted by Crippen LogP contribution is 2.08. The van der Waals surface area contributed by atoms with E-state index in [1.54, 1.807) is 26.2 Å². The molecule has 19 heavy (non-hydrogen) atoms. The first-order valence-electron chi connectivity index (χ1n) is 6.05. The van der Waals surface area contributed by atoms with Crippen molar-refractivity contribution in [2.75, 3.05) is 27.2 Å². The van der Waals surface area contributed by atoms with Gasteiger partial charge < -0.3 is 21.3 Å². The molecule has 0 saturated carbocycles. The maximum absolute atomic E-state index is 11.8. The van der Waals surface area contributed by atoms with Crippen molar-refractivity contribution in [1.29, 1.82) is 0 Å². The first kappa shape index (κ1) is 15.0. The number of nitrogens with one attached hydrogen (secondary N) is 2. The van der Waals surface area contributed by atoms with Crippen LogP contribution in [0.25, 0.3) is 0 Å². The molecular weight excluding hydrogens is 244 g/mol. The molecule has 0 aromatic heterocycles. The Morgan fingerprint density at radius 1 is 1.16 bits per heavy atom. The van der Waals surface area contributed by atoms with Crippen molar-refractivity contribution in [3.05, 3.63) is 35.9 Å². The molecule has 6 nitrogen and oxygen atoms in total. The van der Waals surface area contributed by atoms with Gasteiger partial charge in [-0.3, -0.25) is 4.79 Å². The Labute approximate surface area is 113 Å². The van der Waals surface area contributed by atoms with Crippen molar-refractivity contribution >= 4 is 11.9 Å². The smallest absolute Gasteiger partial charge is 0.316 e. The van der Waals surface area contributed by atoms with E-state index in [2.05, 4.69) is 10.6 Å². The maximum Gasteiger partial charge on any atom is 0.316 e. The molecule has 0 unspecified atom stereocenters. The molecule has 3 amide bonds. The van der Waals surface area contributed by atoms with Gasteiger partial charge in [0.05, 0.1) is 0 Å². The largest absolute Gasteiger partial charge is 0.353 e. The number of nitrogens with zero attached hydrogens (tertiary/aromatic N) is 1. The summed E-state index contributed by atoms with van der Waals surface area (Å²) in [4.78, 5) is 24.4. The number of benzene rings is 1. The van der Waals surface area contributed by atoms with E-state index in [4.69, 9.17) is 5.73 Å². The van der Waals surface area contributed by atoms with Crippen LogP contribution in [-0.4, -0.2) is 44.0 Å². The van der Waals surface area contributed by atoms with E-state index in [-0.39, 0.29) is 11.9 Å². The van der Waals surface area contributed by atoms with Crippen LogP contribution in [0.4, 0.5) is 4.79 Å². The summed E-state index contributed by atoms with van der Waals surface area (Å²) in [7, 11) is 3.30. The lowest BCUT2D eigenvalue weighted by atomic mass is 10.1. The summed E-state index contributed by atoms with van der Waals surface area (Å²) in [5, 5.41) is 5.33. The van der Waals surface area contributed by atoms with E-state index < -0.39 is 6.04 Å². The van der Waals surface area contributed by atoms with Crippen LogP contribution in [-0.2, 0) is 4.79 Å². The molecule has 0 fully saturated rings. The molecule has 0 aliphatic carbocycles. The summed E-state index contributed by atoms with van der Waals surface area (Å²) in [6, 6.07) is 8.26. The fraction of sp³-hybridized carbons (Fsp3) is 0.385. The lowest BCUT2D eigenvalue weighted by Gasteiger charge is -2.14. The molecule has 0 aliphatic rings. The number of urea groups is 1. The summed E-state index contributed by atoms with van der Waals surface area (Å²) >= 11 is 0.